The lowest BCUT2D eigenvalue weighted by atomic mass is 9.85. The van der Waals surface area contributed by atoms with Crippen LogP contribution >= 0.6 is 0 Å². The van der Waals surface area contributed by atoms with Crippen molar-refractivity contribution >= 4 is 5.69 Å². The molecule has 1 fully saturated rings. The van der Waals surface area contributed by atoms with Gasteiger partial charge in [-0.3, -0.25) is 0 Å². The van der Waals surface area contributed by atoms with Crippen LogP contribution in [0.1, 0.15) is 43.8 Å². The maximum Gasteiger partial charge on any atom is 0.0810 e. The second-order valence-corrected chi connectivity index (χ2v) is 5.46. The molecular weight excluding hydrogens is 210 g/mol. The SMILES string of the molecule is OC1CCCN(CC2CCC2)c2ccccc21. The van der Waals surface area contributed by atoms with Gasteiger partial charge in [-0.15, -0.1) is 0 Å². The van der Waals surface area contributed by atoms with Crippen molar-refractivity contribution in [1.29, 1.82) is 0 Å². The van der Waals surface area contributed by atoms with Gasteiger partial charge >= 0.3 is 0 Å². The van der Waals surface area contributed by atoms with Crippen molar-refractivity contribution in [3.8, 4) is 0 Å². The van der Waals surface area contributed by atoms with E-state index in [1.165, 1.54) is 31.5 Å². The minimum Gasteiger partial charge on any atom is -0.388 e. The molecule has 0 radical (unpaired) electrons. The van der Waals surface area contributed by atoms with E-state index in [0.717, 1.165) is 30.9 Å². The number of para-hydroxylation sites is 1. The minimum atomic E-state index is -0.266. The van der Waals surface area contributed by atoms with Gasteiger partial charge in [0.15, 0.2) is 0 Å². The van der Waals surface area contributed by atoms with E-state index >= 15 is 0 Å². The van der Waals surface area contributed by atoms with Crippen LogP contribution in [0.2, 0.25) is 0 Å². The fraction of sp³-hybridized carbons (Fsp3) is 0.600. The summed E-state index contributed by atoms with van der Waals surface area (Å²) in [5.41, 5.74) is 2.40. The molecule has 92 valence electrons. The molecule has 1 aliphatic carbocycles. The van der Waals surface area contributed by atoms with Crippen LogP contribution in [0.5, 0.6) is 0 Å². The molecule has 3 rings (SSSR count). The summed E-state index contributed by atoms with van der Waals surface area (Å²) < 4.78 is 0. The average molecular weight is 231 g/mol. The molecule has 1 aromatic carbocycles. The van der Waals surface area contributed by atoms with E-state index < -0.39 is 0 Å². The highest BCUT2D eigenvalue weighted by Gasteiger charge is 2.25. The summed E-state index contributed by atoms with van der Waals surface area (Å²) in [4.78, 5) is 2.50. The zero-order valence-electron chi connectivity index (χ0n) is 10.3. The van der Waals surface area contributed by atoms with E-state index in [-0.39, 0.29) is 6.10 Å². The topological polar surface area (TPSA) is 23.5 Å². The van der Waals surface area contributed by atoms with E-state index in [1.54, 1.807) is 0 Å². The average Bonchev–Trinajstić information content (AvgIpc) is 2.45. The highest BCUT2D eigenvalue weighted by Crippen LogP contribution is 2.35. The predicted octanol–water partition coefficient (Wildman–Crippen LogP) is 3.12. The van der Waals surface area contributed by atoms with E-state index in [9.17, 15) is 5.11 Å². The van der Waals surface area contributed by atoms with Gasteiger partial charge in [-0.1, -0.05) is 24.6 Å². The molecule has 2 aliphatic rings. The molecular formula is C15H21NO. The molecule has 1 atom stereocenters. The first kappa shape index (κ1) is 11.1. The van der Waals surface area contributed by atoms with Crippen molar-refractivity contribution in [1.82, 2.24) is 0 Å². The lowest BCUT2D eigenvalue weighted by Gasteiger charge is -2.34. The third kappa shape index (κ3) is 2.19. The number of rotatable bonds is 2. The standard InChI is InChI=1S/C15H21NO/c17-15-9-4-10-16(11-12-5-3-6-12)14-8-2-1-7-13(14)15/h1-2,7-8,12,15,17H,3-6,9-11H2. The van der Waals surface area contributed by atoms with Gasteiger partial charge in [-0.05, 0) is 37.7 Å². The Morgan fingerprint density at radius 2 is 1.94 bits per heavy atom. The number of benzene rings is 1. The molecule has 0 saturated heterocycles. The summed E-state index contributed by atoms with van der Waals surface area (Å²) >= 11 is 0. The van der Waals surface area contributed by atoms with Crippen molar-refractivity contribution < 1.29 is 5.11 Å². The van der Waals surface area contributed by atoms with Crippen LogP contribution in [0.4, 0.5) is 5.69 Å². The fourth-order valence-electron chi connectivity index (χ4n) is 2.99. The molecule has 0 spiro atoms. The van der Waals surface area contributed by atoms with Crippen LogP contribution in [0.15, 0.2) is 24.3 Å². The van der Waals surface area contributed by atoms with Gasteiger partial charge in [0.25, 0.3) is 0 Å². The van der Waals surface area contributed by atoms with Gasteiger partial charge in [0.2, 0.25) is 0 Å². The molecule has 2 nitrogen and oxygen atoms in total. The number of aliphatic hydroxyl groups is 1. The molecule has 0 amide bonds. The first-order chi connectivity index (χ1) is 8.34. The van der Waals surface area contributed by atoms with Crippen molar-refractivity contribution in [3.63, 3.8) is 0 Å². The molecule has 1 saturated carbocycles. The Kier molecular flexibility index (Phi) is 3.06. The van der Waals surface area contributed by atoms with Crippen molar-refractivity contribution in [2.75, 3.05) is 18.0 Å². The van der Waals surface area contributed by atoms with Gasteiger partial charge in [0.05, 0.1) is 6.10 Å². The van der Waals surface area contributed by atoms with E-state index in [0.29, 0.717) is 0 Å². The van der Waals surface area contributed by atoms with E-state index in [2.05, 4.69) is 23.1 Å². The first-order valence-electron chi connectivity index (χ1n) is 6.86. The maximum atomic E-state index is 10.1. The Morgan fingerprint density at radius 3 is 2.71 bits per heavy atom. The van der Waals surface area contributed by atoms with Crippen LogP contribution in [0.3, 0.4) is 0 Å². The summed E-state index contributed by atoms with van der Waals surface area (Å²) in [6.07, 6.45) is 5.92. The van der Waals surface area contributed by atoms with Crippen LogP contribution < -0.4 is 4.90 Å². The van der Waals surface area contributed by atoms with E-state index in [4.69, 9.17) is 0 Å². The smallest absolute Gasteiger partial charge is 0.0810 e. The third-order valence-electron chi connectivity index (χ3n) is 4.25. The molecule has 0 bridgehead atoms. The molecule has 1 N–H and O–H groups in total. The number of fused-ring (bicyclic) bond motifs is 1. The number of hydrogen-bond donors (Lipinski definition) is 1. The van der Waals surface area contributed by atoms with E-state index in [1.807, 2.05) is 6.07 Å². The van der Waals surface area contributed by atoms with Crippen molar-refractivity contribution in [2.24, 2.45) is 5.92 Å². The predicted molar refractivity (Wildman–Crippen MR) is 70.2 cm³/mol. The summed E-state index contributed by atoms with van der Waals surface area (Å²) in [6.45, 7) is 2.29. The Bertz CT molecular complexity index is 386. The number of aliphatic hydroxyl groups excluding tert-OH is 1. The maximum absolute atomic E-state index is 10.1. The molecule has 0 aromatic heterocycles. The number of hydrogen-bond acceptors (Lipinski definition) is 2. The monoisotopic (exact) mass is 231 g/mol. The highest BCUT2D eigenvalue weighted by atomic mass is 16.3. The fourth-order valence-corrected chi connectivity index (χ4v) is 2.99. The number of nitrogens with zero attached hydrogens (tertiary/aromatic N) is 1. The second kappa shape index (κ2) is 4.69. The normalized spacial score (nSPS) is 25.0. The zero-order valence-corrected chi connectivity index (χ0v) is 10.3. The highest BCUT2D eigenvalue weighted by molar-refractivity contribution is 5.55. The Morgan fingerprint density at radius 1 is 1.12 bits per heavy atom. The molecule has 17 heavy (non-hydrogen) atoms. The van der Waals surface area contributed by atoms with Gasteiger partial charge in [-0.25, -0.2) is 0 Å². The lowest BCUT2D eigenvalue weighted by molar-refractivity contribution is 0.168. The van der Waals surface area contributed by atoms with Crippen LogP contribution in [0, 0.1) is 5.92 Å². The summed E-state index contributed by atoms with van der Waals surface area (Å²) in [7, 11) is 0. The van der Waals surface area contributed by atoms with Gasteiger partial charge in [-0.2, -0.15) is 0 Å². The van der Waals surface area contributed by atoms with Gasteiger partial charge in [0, 0.05) is 24.3 Å². The summed E-state index contributed by atoms with van der Waals surface area (Å²) in [6, 6.07) is 8.38. The van der Waals surface area contributed by atoms with Gasteiger partial charge < -0.3 is 10.0 Å². The molecule has 1 unspecified atom stereocenters. The van der Waals surface area contributed by atoms with Crippen LogP contribution in [0.25, 0.3) is 0 Å². The Balaban J connectivity index is 1.85. The van der Waals surface area contributed by atoms with Crippen molar-refractivity contribution in [2.45, 2.75) is 38.2 Å². The zero-order chi connectivity index (χ0) is 11.7. The second-order valence-electron chi connectivity index (χ2n) is 5.46. The largest absolute Gasteiger partial charge is 0.388 e. The summed E-state index contributed by atoms with van der Waals surface area (Å²) in [5, 5.41) is 10.1. The van der Waals surface area contributed by atoms with Crippen LogP contribution in [-0.4, -0.2) is 18.2 Å². The third-order valence-corrected chi connectivity index (χ3v) is 4.25. The Hall–Kier alpha value is -1.02. The molecule has 1 aromatic rings. The quantitative estimate of drug-likeness (QED) is 0.845. The summed E-state index contributed by atoms with van der Waals surface area (Å²) in [5.74, 6) is 0.887. The minimum absolute atomic E-state index is 0.266. The number of anilines is 1. The van der Waals surface area contributed by atoms with Gasteiger partial charge in [0.1, 0.15) is 0 Å². The first-order valence-corrected chi connectivity index (χ1v) is 6.86. The van der Waals surface area contributed by atoms with Crippen LogP contribution in [-0.2, 0) is 0 Å². The molecule has 2 heteroatoms. The van der Waals surface area contributed by atoms with Crippen molar-refractivity contribution in [3.05, 3.63) is 29.8 Å². The molecule has 1 aliphatic heterocycles. The lowest BCUT2D eigenvalue weighted by Crippen LogP contribution is -2.33. The Labute approximate surface area is 103 Å². The molecule has 1 heterocycles.